The fourth-order valence-corrected chi connectivity index (χ4v) is 7.21. The number of hydrogen-bond acceptors (Lipinski definition) is 8. The summed E-state index contributed by atoms with van der Waals surface area (Å²) >= 11 is 1.42. The minimum absolute atomic E-state index is 0. The van der Waals surface area contributed by atoms with Gasteiger partial charge in [0.25, 0.3) is 0 Å². The summed E-state index contributed by atoms with van der Waals surface area (Å²) in [6, 6.07) is 18.2. The number of ether oxygens (including phenoxy) is 1. The van der Waals surface area contributed by atoms with E-state index in [-0.39, 0.29) is 57.6 Å². The highest BCUT2D eigenvalue weighted by molar-refractivity contribution is 7.91. The summed E-state index contributed by atoms with van der Waals surface area (Å²) in [5.41, 5.74) is 4.45. The van der Waals surface area contributed by atoms with Gasteiger partial charge in [-0.1, -0.05) is 36.4 Å². The summed E-state index contributed by atoms with van der Waals surface area (Å²) in [6.07, 6.45) is 1.50. The highest BCUT2D eigenvalue weighted by atomic mass is 32.2. The predicted octanol–water partition coefficient (Wildman–Crippen LogP) is 4.85. The number of benzene rings is 3. The lowest BCUT2D eigenvalue weighted by atomic mass is 10.0. The third-order valence-electron chi connectivity index (χ3n) is 7.63. The van der Waals surface area contributed by atoms with E-state index in [0.717, 1.165) is 26.7 Å². The van der Waals surface area contributed by atoms with Gasteiger partial charge in [0.05, 0.1) is 28.9 Å². The standard InChI is InChI=1S/C33H30F2N6O5S2.H2S/c34-25-15-23(16-26(35)18-25)17-29(38-33(43)39-48(44,45)41-12-10-24-7-4-11-36-31(24)41)32(42)40(13-14-46-20-22-5-2-1-3-6-22)27-8-9-30-28(19-27)37-21-47-30;/h1-9,11,15-16,18-19,21,29H,10,12-14,17,20H2,(H2,38,39,43);1H2/t29-;/m0./s1. The van der Waals surface area contributed by atoms with E-state index in [4.69, 9.17) is 4.74 Å². The number of anilines is 2. The Balaban J connectivity index is 0.00000468. The van der Waals surface area contributed by atoms with E-state index in [1.165, 1.54) is 22.4 Å². The second-order valence-electron chi connectivity index (χ2n) is 11.0. The molecule has 16 heteroatoms. The Labute approximate surface area is 292 Å². The van der Waals surface area contributed by atoms with Crippen LogP contribution in [0.15, 0.2) is 90.6 Å². The number of carbonyl (C=O) groups excluding carboxylic acids is 2. The van der Waals surface area contributed by atoms with E-state index in [1.807, 2.05) is 35.1 Å². The van der Waals surface area contributed by atoms with Gasteiger partial charge in [0, 0.05) is 37.5 Å². The number of nitrogens with one attached hydrogen (secondary N) is 2. The second kappa shape index (κ2) is 15.7. The first kappa shape index (κ1) is 35.7. The van der Waals surface area contributed by atoms with Gasteiger partial charge in [-0.05, 0) is 59.5 Å². The van der Waals surface area contributed by atoms with Crippen molar-refractivity contribution in [3.8, 4) is 0 Å². The van der Waals surface area contributed by atoms with Crippen LogP contribution in [0.3, 0.4) is 0 Å². The molecule has 256 valence electrons. The van der Waals surface area contributed by atoms with Gasteiger partial charge < -0.3 is 15.0 Å². The van der Waals surface area contributed by atoms with Crippen molar-refractivity contribution in [1.29, 1.82) is 0 Å². The van der Waals surface area contributed by atoms with Crippen LogP contribution in [-0.4, -0.2) is 56.1 Å². The average Bonchev–Trinajstić information content (AvgIpc) is 3.71. The quantitative estimate of drug-likeness (QED) is 0.176. The van der Waals surface area contributed by atoms with Crippen molar-refractivity contribution < 1.29 is 31.5 Å². The number of rotatable bonds is 12. The van der Waals surface area contributed by atoms with Crippen molar-refractivity contribution >= 4 is 68.7 Å². The summed E-state index contributed by atoms with van der Waals surface area (Å²) in [6.45, 7) is 0.481. The minimum atomic E-state index is -4.43. The van der Waals surface area contributed by atoms with E-state index in [2.05, 4.69) is 15.3 Å². The third kappa shape index (κ3) is 8.70. The molecule has 2 aromatic heterocycles. The molecule has 0 fully saturated rings. The molecule has 6 rings (SSSR count). The number of pyridine rings is 1. The summed E-state index contributed by atoms with van der Waals surface area (Å²) in [7, 11) is -4.43. The maximum absolute atomic E-state index is 14.3. The highest BCUT2D eigenvalue weighted by Crippen LogP contribution is 2.27. The first-order chi connectivity index (χ1) is 23.2. The van der Waals surface area contributed by atoms with E-state index in [1.54, 1.807) is 35.8 Å². The maximum atomic E-state index is 14.3. The van der Waals surface area contributed by atoms with E-state index in [0.29, 0.717) is 29.3 Å². The molecule has 0 unspecified atom stereocenters. The first-order valence-corrected chi connectivity index (χ1v) is 17.2. The van der Waals surface area contributed by atoms with Crippen molar-refractivity contribution in [2.45, 2.75) is 25.5 Å². The van der Waals surface area contributed by atoms with Gasteiger partial charge >= 0.3 is 16.2 Å². The Morgan fingerprint density at radius 3 is 2.53 bits per heavy atom. The number of nitrogens with zero attached hydrogens (tertiary/aromatic N) is 4. The first-order valence-electron chi connectivity index (χ1n) is 14.9. The smallest absolute Gasteiger partial charge is 0.330 e. The van der Waals surface area contributed by atoms with Crippen LogP contribution < -0.4 is 19.2 Å². The lowest BCUT2D eigenvalue weighted by molar-refractivity contribution is -0.120. The van der Waals surface area contributed by atoms with Crippen molar-refractivity contribution in [2.24, 2.45) is 0 Å². The molecule has 0 saturated heterocycles. The Bertz CT molecular complexity index is 2030. The molecule has 5 aromatic rings. The Morgan fingerprint density at radius 1 is 0.980 bits per heavy atom. The van der Waals surface area contributed by atoms with Crippen LogP contribution >= 0.6 is 24.8 Å². The summed E-state index contributed by atoms with van der Waals surface area (Å²) < 4.78 is 64.6. The van der Waals surface area contributed by atoms with Gasteiger partial charge in [0.15, 0.2) is 0 Å². The normalized spacial score (nSPS) is 13.0. The number of amides is 3. The van der Waals surface area contributed by atoms with Crippen LogP contribution in [0, 0.1) is 11.6 Å². The molecule has 0 spiro atoms. The van der Waals surface area contributed by atoms with E-state index in [9.17, 15) is 26.8 Å². The predicted molar refractivity (Wildman–Crippen MR) is 188 cm³/mol. The lowest BCUT2D eigenvalue weighted by Gasteiger charge is -2.28. The zero-order chi connectivity index (χ0) is 33.7. The highest BCUT2D eigenvalue weighted by Gasteiger charge is 2.34. The topological polar surface area (TPSA) is 134 Å². The van der Waals surface area contributed by atoms with Crippen LogP contribution in [0.1, 0.15) is 16.7 Å². The van der Waals surface area contributed by atoms with Crippen LogP contribution in [0.25, 0.3) is 10.2 Å². The minimum Gasteiger partial charge on any atom is -0.375 e. The van der Waals surface area contributed by atoms with Crippen LogP contribution in [0.2, 0.25) is 0 Å². The third-order valence-corrected chi connectivity index (χ3v) is 9.82. The van der Waals surface area contributed by atoms with Crippen LogP contribution in [0.4, 0.5) is 25.1 Å². The van der Waals surface area contributed by atoms with Crippen LogP contribution in [0.5, 0.6) is 0 Å². The van der Waals surface area contributed by atoms with Gasteiger partial charge in [0.1, 0.15) is 23.5 Å². The van der Waals surface area contributed by atoms with E-state index >= 15 is 0 Å². The molecule has 3 amide bonds. The average molecular weight is 727 g/mol. The Morgan fingerprint density at radius 2 is 1.76 bits per heavy atom. The number of aromatic nitrogens is 2. The van der Waals surface area contributed by atoms with Gasteiger partial charge in [-0.25, -0.2) is 32.6 Å². The molecule has 3 aromatic carbocycles. The van der Waals surface area contributed by atoms with Crippen molar-refractivity contribution in [1.82, 2.24) is 20.0 Å². The second-order valence-corrected chi connectivity index (χ2v) is 13.4. The number of fused-ring (bicyclic) bond motifs is 2. The van der Waals surface area contributed by atoms with Gasteiger partial charge in [0.2, 0.25) is 5.91 Å². The van der Waals surface area contributed by atoms with Crippen molar-refractivity contribution in [3.63, 3.8) is 0 Å². The van der Waals surface area contributed by atoms with E-state index < -0.39 is 39.8 Å². The number of urea groups is 1. The molecule has 2 N–H and O–H groups in total. The fraction of sp³-hybridized carbons (Fsp3) is 0.212. The molecular formula is C33H32F2N6O5S3. The number of hydrogen-bond donors (Lipinski definition) is 2. The lowest BCUT2D eigenvalue weighted by Crippen LogP contribution is -2.55. The Hall–Kier alpha value is -4.64. The number of halogens is 2. The molecule has 0 aliphatic carbocycles. The fourth-order valence-electron chi connectivity index (χ4n) is 5.43. The maximum Gasteiger partial charge on any atom is 0.330 e. The molecule has 11 nitrogen and oxygen atoms in total. The summed E-state index contributed by atoms with van der Waals surface area (Å²) in [4.78, 5) is 37.5. The number of carbonyl (C=O) groups is 2. The van der Waals surface area contributed by atoms with Crippen molar-refractivity contribution in [3.05, 3.63) is 119 Å². The molecule has 3 heterocycles. The summed E-state index contributed by atoms with van der Waals surface area (Å²) in [5, 5.41) is 2.44. The zero-order valence-corrected chi connectivity index (χ0v) is 28.5. The molecule has 49 heavy (non-hydrogen) atoms. The largest absolute Gasteiger partial charge is 0.375 e. The molecule has 1 aliphatic rings. The molecule has 0 saturated carbocycles. The van der Waals surface area contributed by atoms with Gasteiger partial charge in [-0.15, -0.1) is 11.3 Å². The number of thiazole rings is 1. The molecule has 0 radical (unpaired) electrons. The molecule has 1 aliphatic heterocycles. The van der Waals surface area contributed by atoms with Gasteiger partial charge in [-0.2, -0.15) is 21.9 Å². The summed E-state index contributed by atoms with van der Waals surface area (Å²) in [5.74, 6) is -2.22. The molecule has 0 bridgehead atoms. The monoisotopic (exact) mass is 726 g/mol. The SMILES string of the molecule is O=C(N[C@@H](Cc1cc(F)cc(F)c1)C(=O)N(CCOCc1ccccc1)c1ccc2scnc2c1)NS(=O)(=O)N1CCc2cccnc21.S. The molecular weight excluding hydrogens is 695 g/mol. The van der Waals surface area contributed by atoms with Gasteiger partial charge in [-0.3, -0.25) is 4.79 Å². The zero-order valence-electron chi connectivity index (χ0n) is 25.9. The Kier molecular flexibility index (Phi) is 11.4. The van der Waals surface area contributed by atoms with Crippen molar-refractivity contribution in [2.75, 3.05) is 28.9 Å². The molecule has 1 atom stereocenters. The van der Waals surface area contributed by atoms with Crippen LogP contribution in [-0.2, 0) is 39.2 Å².